The van der Waals surface area contributed by atoms with E-state index >= 15 is 0 Å². The van der Waals surface area contributed by atoms with Crippen molar-refractivity contribution < 1.29 is 4.79 Å². The Balaban J connectivity index is 1.77. The zero-order chi connectivity index (χ0) is 14.5. The molecule has 0 unspecified atom stereocenters. The summed E-state index contributed by atoms with van der Waals surface area (Å²) >= 11 is 0. The molecule has 20 heavy (non-hydrogen) atoms. The second-order valence-electron chi connectivity index (χ2n) is 5.67. The zero-order valence-corrected chi connectivity index (χ0v) is 12.7. The largest absolute Gasteiger partial charge is 0.346 e. The molecule has 0 saturated carbocycles. The lowest BCUT2D eigenvalue weighted by atomic mass is 9.93. The van der Waals surface area contributed by atoms with Crippen LogP contribution in [0.25, 0.3) is 0 Å². The maximum atomic E-state index is 12.1. The van der Waals surface area contributed by atoms with Crippen molar-refractivity contribution in [2.45, 2.75) is 39.2 Å². The van der Waals surface area contributed by atoms with Gasteiger partial charge < -0.3 is 14.8 Å². The lowest BCUT2D eigenvalue weighted by molar-refractivity contribution is -0.123. The summed E-state index contributed by atoms with van der Waals surface area (Å²) in [5, 5.41) is 10.9. The number of rotatable bonds is 5. The Morgan fingerprint density at radius 2 is 2.20 bits per heavy atom. The number of hydrogen-bond donors (Lipinski definition) is 1. The van der Waals surface area contributed by atoms with Gasteiger partial charge in [0, 0.05) is 13.5 Å². The number of piperidine rings is 1. The van der Waals surface area contributed by atoms with Gasteiger partial charge in [0.25, 0.3) is 0 Å². The maximum absolute atomic E-state index is 12.1. The highest BCUT2D eigenvalue weighted by molar-refractivity contribution is 5.76. The molecule has 1 aliphatic rings. The average Bonchev–Trinajstić information content (AvgIpc) is 2.86. The van der Waals surface area contributed by atoms with Gasteiger partial charge in [-0.15, -0.1) is 10.2 Å². The van der Waals surface area contributed by atoms with Crippen molar-refractivity contribution in [2.75, 3.05) is 19.6 Å². The molecule has 112 valence electrons. The number of nitrogens with one attached hydrogen (secondary N) is 1. The number of likely N-dealkylation sites (tertiary alicyclic amines) is 1. The molecule has 1 atom stereocenters. The SMILES string of the molecule is CCN1CCC(CC(=O)N[C@H](C)c2nncn2C)CC1. The Labute approximate surface area is 120 Å². The maximum Gasteiger partial charge on any atom is 0.220 e. The normalized spacial score (nSPS) is 18.9. The fourth-order valence-electron chi connectivity index (χ4n) is 2.82. The number of nitrogens with zero attached hydrogens (tertiary/aromatic N) is 4. The molecular weight excluding hydrogens is 254 g/mol. The van der Waals surface area contributed by atoms with Gasteiger partial charge >= 0.3 is 0 Å². The topological polar surface area (TPSA) is 63.1 Å². The van der Waals surface area contributed by atoms with Crippen LogP contribution in [-0.4, -0.2) is 45.2 Å². The van der Waals surface area contributed by atoms with E-state index in [1.165, 1.54) is 0 Å². The van der Waals surface area contributed by atoms with E-state index in [2.05, 4.69) is 27.3 Å². The van der Waals surface area contributed by atoms with Crippen molar-refractivity contribution in [1.82, 2.24) is 25.0 Å². The third-order valence-electron chi connectivity index (χ3n) is 4.14. The van der Waals surface area contributed by atoms with Gasteiger partial charge in [0.2, 0.25) is 5.91 Å². The smallest absolute Gasteiger partial charge is 0.220 e. The monoisotopic (exact) mass is 279 g/mol. The van der Waals surface area contributed by atoms with Crippen molar-refractivity contribution in [3.63, 3.8) is 0 Å². The highest BCUT2D eigenvalue weighted by Gasteiger charge is 2.22. The van der Waals surface area contributed by atoms with Crippen molar-refractivity contribution >= 4 is 5.91 Å². The van der Waals surface area contributed by atoms with E-state index in [0.29, 0.717) is 12.3 Å². The minimum Gasteiger partial charge on any atom is -0.346 e. The molecule has 0 bridgehead atoms. The third kappa shape index (κ3) is 3.79. The molecule has 0 aromatic carbocycles. The Hall–Kier alpha value is -1.43. The Morgan fingerprint density at radius 3 is 2.75 bits per heavy atom. The molecule has 1 aromatic heterocycles. The fourth-order valence-corrected chi connectivity index (χ4v) is 2.82. The number of carbonyl (C=O) groups excluding carboxylic acids is 1. The predicted molar refractivity (Wildman–Crippen MR) is 77.0 cm³/mol. The third-order valence-corrected chi connectivity index (χ3v) is 4.14. The molecule has 2 rings (SSSR count). The minimum absolute atomic E-state index is 0.0919. The van der Waals surface area contributed by atoms with Crippen LogP contribution in [0.2, 0.25) is 0 Å². The van der Waals surface area contributed by atoms with E-state index < -0.39 is 0 Å². The van der Waals surface area contributed by atoms with Crippen LogP contribution in [0.1, 0.15) is 45.0 Å². The second-order valence-corrected chi connectivity index (χ2v) is 5.67. The van der Waals surface area contributed by atoms with Gasteiger partial charge in [-0.05, 0) is 45.3 Å². The first-order valence-corrected chi connectivity index (χ1v) is 7.45. The second kappa shape index (κ2) is 6.83. The van der Waals surface area contributed by atoms with Gasteiger partial charge in [-0.2, -0.15) is 0 Å². The molecule has 1 aromatic rings. The van der Waals surface area contributed by atoms with Gasteiger partial charge in [0.1, 0.15) is 6.33 Å². The Morgan fingerprint density at radius 1 is 1.50 bits per heavy atom. The van der Waals surface area contributed by atoms with E-state index in [-0.39, 0.29) is 11.9 Å². The highest BCUT2D eigenvalue weighted by atomic mass is 16.1. The van der Waals surface area contributed by atoms with Crippen LogP contribution < -0.4 is 5.32 Å². The summed E-state index contributed by atoms with van der Waals surface area (Å²) < 4.78 is 1.84. The van der Waals surface area contributed by atoms with E-state index in [9.17, 15) is 4.79 Å². The predicted octanol–water partition coefficient (Wildman–Crippen LogP) is 1.11. The van der Waals surface area contributed by atoms with Gasteiger partial charge in [-0.3, -0.25) is 4.79 Å². The summed E-state index contributed by atoms with van der Waals surface area (Å²) in [4.78, 5) is 14.5. The summed E-state index contributed by atoms with van der Waals surface area (Å²) in [5.41, 5.74) is 0. The highest BCUT2D eigenvalue weighted by Crippen LogP contribution is 2.20. The fraction of sp³-hybridized carbons (Fsp3) is 0.786. The molecule has 1 N–H and O–H groups in total. The molecule has 6 nitrogen and oxygen atoms in total. The summed E-state index contributed by atoms with van der Waals surface area (Å²) in [6.07, 6.45) is 4.53. The molecule has 2 heterocycles. The lowest BCUT2D eigenvalue weighted by Crippen LogP contribution is -2.36. The molecule has 1 amide bonds. The van der Waals surface area contributed by atoms with Crippen LogP contribution in [0, 0.1) is 5.92 Å². The molecule has 6 heteroatoms. The summed E-state index contributed by atoms with van der Waals surface area (Å²) in [6, 6.07) is -0.0919. The standard InChI is InChI=1S/C14H25N5O/c1-4-19-7-5-12(6-8-19)9-13(20)16-11(2)14-17-15-10-18(14)3/h10-12H,4-9H2,1-3H3,(H,16,20)/t11-/m1/s1. The number of aryl methyl sites for hydroxylation is 1. The van der Waals surface area contributed by atoms with E-state index in [0.717, 1.165) is 38.3 Å². The number of hydrogen-bond acceptors (Lipinski definition) is 4. The van der Waals surface area contributed by atoms with Crippen LogP contribution in [0.3, 0.4) is 0 Å². The first kappa shape index (κ1) is 15.0. The van der Waals surface area contributed by atoms with Crippen molar-refractivity contribution in [3.8, 4) is 0 Å². The van der Waals surface area contributed by atoms with Crippen molar-refractivity contribution in [2.24, 2.45) is 13.0 Å². The Kier molecular flexibility index (Phi) is 5.11. The van der Waals surface area contributed by atoms with Crippen LogP contribution in [0.15, 0.2) is 6.33 Å². The summed E-state index contributed by atoms with van der Waals surface area (Å²) in [5.74, 6) is 1.43. The van der Waals surface area contributed by atoms with E-state index in [1.54, 1.807) is 6.33 Å². The summed E-state index contributed by atoms with van der Waals surface area (Å²) in [6.45, 7) is 7.49. The molecule has 0 aliphatic carbocycles. The number of carbonyl (C=O) groups is 1. The number of aromatic nitrogens is 3. The van der Waals surface area contributed by atoms with Crippen molar-refractivity contribution in [3.05, 3.63) is 12.2 Å². The van der Waals surface area contributed by atoms with Crippen molar-refractivity contribution in [1.29, 1.82) is 0 Å². The quantitative estimate of drug-likeness (QED) is 0.877. The van der Waals surface area contributed by atoms with Crippen LogP contribution in [0.4, 0.5) is 0 Å². The van der Waals surface area contributed by atoms with Gasteiger partial charge in [-0.25, -0.2) is 0 Å². The van der Waals surface area contributed by atoms with E-state index in [1.807, 2.05) is 18.5 Å². The Bertz CT molecular complexity index is 437. The first-order chi connectivity index (χ1) is 9.60. The van der Waals surface area contributed by atoms with E-state index in [4.69, 9.17) is 0 Å². The van der Waals surface area contributed by atoms with Gasteiger partial charge in [-0.1, -0.05) is 6.92 Å². The number of amides is 1. The lowest BCUT2D eigenvalue weighted by Gasteiger charge is -2.30. The van der Waals surface area contributed by atoms with Gasteiger partial charge in [0.15, 0.2) is 5.82 Å². The zero-order valence-electron chi connectivity index (χ0n) is 12.7. The average molecular weight is 279 g/mol. The molecule has 0 radical (unpaired) electrons. The molecular formula is C14H25N5O. The molecule has 1 saturated heterocycles. The minimum atomic E-state index is -0.0919. The van der Waals surface area contributed by atoms with Crippen LogP contribution in [0.5, 0.6) is 0 Å². The first-order valence-electron chi connectivity index (χ1n) is 7.45. The molecule has 1 fully saturated rings. The van der Waals surface area contributed by atoms with Crippen LogP contribution in [-0.2, 0) is 11.8 Å². The molecule has 0 spiro atoms. The van der Waals surface area contributed by atoms with Gasteiger partial charge in [0.05, 0.1) is 6.04 Å². The van der Waals surface area contributed by atoms with Crippen LogP contribution >= 0.6 is 0 Å². The molecule has 1 aliphatic heterocycles. The summed E-state index contributed by atoms with van der Waals surface area (Å²) in [7, 11) is 1.89.